The maximum absolute atomic E-state index is 12.7. The molecule has 3 N–H and O–H groups in total. The Hall–Kier alpha value is -3.07. The van der Waals surface area contributed by atoms with Crippen molar-refractivity contribution in [2.45, 2.75) is 38.6 Å². The van der Waals surface area contributed by atoms with Gasteiger partial charge in [-0.2, -0.15) is 0 Å². The Labute approximate surface area is 187 Å². The predicted octanol–water partition coefficient (Wildman–Crippen LogP) is 1.60. The summed E-state index contributed by atoms with van der Waals surface area (Å²) in [5.74, 6) is 0.723. The lowest BCUT2D eigenvalue weighted by atomic mass is 9.80. The topological polar surface area (TPSA) is 109 Å². The Bertz CT molecular complexity index is 965. The molecule has 3 heterocycles. The van der Waals surface area contributed by atoms with Gasteiger partial charge in [0.15, 0.2) is 11.5 Å². The molecule has 0 atom stereocenters. The third kappa shape index (κ3) is 4.43. The fourth-order valence-corrected chi connectivity index (χ4v) is 4.55. The number of nitrogens with zero attached hydrogens (tertiary/aromatic N) is 2. The van der Waals surface area contributed by atoms with Crippen molar-refractivity contribution in [2.24, 2.45) is 0 Å². The molecule has 2 amide bonds. The van der Waals surface area contributed by atoms with Gasteiger partial charge in [-0.3, -0.25) is 9.59 Å². The summed E-state index contributed by atoms with van der Waals surface area (Å²) in [6.07, 6.45) is 4.31. The van der Waals surface area contributed by atoms with Crippen LogP contribution in [0.15, 0.2) is 24.5 Å². The van der Waals surface area contributed by atoms with Gasteiger partial charge in [-0.25, -0.2) is 4.98 Å². The van der Waals surface area contributed by atoms with Crippen LogP contribution in [0.4, 0.5) is 0 Å². The number of aromatic amines is 1. The first-order valence-corrected chi connectivity index (χ1v) is 11.3. The quantitative estimate of drug-likeness (QED) is 0.602. The first-order chi connectivity index (χ1) is 15.6. The minimum Gasteiger partial charge on any atom is -0.490 e. The van der Waals surface area contributed by atoms with E-state index in [1.165, 1.54) is 5.69 Å². The minimum atomic E-state index is -0.314. The van der Waals surface area contributed by atoms with E-state index in [1.807, 2.05) is 18.7 Å². The third-order valence-corrected chi connectivity index (χ3v) is 6.19. The van der Waals surface area contributed by atoms with E-state index in [4.69, 9.17) is 9.47 Å². The highest BCUT2D eigenvalue weighted by molar-refractivity contribution is 5.97. The van der Waals surface area contributed by atoms with Crippen molar-refractivity contribution < 1.29 is 19.1 Å². The number of amides is 2. The Morgan fingerprint density at radius 1 is 1.16 bits per heavy atom. The summed E-state index contributed by atoms with van der Waals surface area (Å²) in [6, 6.07) is 5.04. The number of H-pyrrole nitrogens is 1. The van der Waals surface area contributed by atoms with Gasteiger partial charge in [0.05, 0.1) is 37.3 Å². The minimum absolute atomic E-state index is 0.0376. The lowest BCUT2D eigenvalue weighted by molar-refractivity contribution is -0.132. The van der Waals surface area contributed by atoms with Crippen LogP contribution >= 0.6 is 0 Å². The molecule has 1 aromatic carbocycles. The van der Waals surface area contributed by atoms with Crippen molar-refractivity contribution in [1.29, 1.82) is 0 Å². The Kier molecular flexibility index (Phi) is 6.64. The Balaban J connectivity index is 1.32. The average Bonchev–Trinajstić information content (AvgIpc) is 3.30. The van der Waals surface area contributed by atoms with Crippen molar-refractivity contribution in [3.63, 3.8) is 0 Å². The van der Waals surface area contributed by atoms with Gasteiger partial charge in [0.2, 0.25) is 5.91 Å². The van der Waals surface area contributed by atoms with Gasteiger partial charge in [0.1, 0.15) is 0 Å². The lowest BCUT2D eigenvalue weighted by Gasteiger charge is -2.44. The predicted molar refractivity (Wildman–Crippen MR) is 119 cm³/mol. The van der Waals surface area contributed by atoms with E-state index in [0.717, 1.165) is 31.5 Å². The number of piperidine rings is 1. The molecule has 2 aromatic rings. The highest BCUT2D eigenvalue weighted by Crippen LogP contribution is 2.35. The molecule has 0 aliphatic carbocycles. The van der Waals surface area contributed by atoms with Crippen molar-refractivity contribution in [3.05, 3.63) is 41.5 Å². The normalized spacial score (nSPS) is 17.0. The highest BCUT2D eigenvalue weighted by Gasteiger charge is 2.41. The first-order valence-electron chi connectivity index (χ1n) is 11.3. The second kappa shape index (κ2) is 9.60. The molecule has 4 rings (SSSR count). The van der Waals surface area contributed by atoms with Crippen LogP contribution in [0.25, 0.3) is 0 Å². The van der Waals surface area contributed by atoms with E-state index in [0.29, 0.717) is 43.4 Å². The summed E-state index contributed by atoms with van der Waals surface area (Å²) in [6.45, 7) is 6.87. The molecular weight excluding hydrogens is 410 g/mol. The number of carbonyl (C=O) groups excluding carboxylic acids is 2. The van der Waals surface area contributed by atoms with Crippen LogP contribution in [0.1, 0.15) is 48.4 Å². The van der Waals surface area contributed by atoms with Gasteiger partial charge >= 0.3 is 0 Å². The number of carbonyl (C=O) groups is 2. The second-order valence-corrected chi connectivity index (χ2v) is 8.08. The number of nitrogens with one attached hydrogen (secondary N) is 3. The third-order valence-electron chi connectivity index (χ3n) is 6.19. The summed E-state index contributed by atoms with van der Waals surface area (Å²) in [5, 5.41) is 6.36. The molecule has 2 aliphatic rings. The number of rotatable bonds is 7. The summed E-state index contributed by atoms with van der Waals surface area (Å²) >= 11 is 0. The van der Waals surface area contributed by atoms with Crippen LogP contribution < -0.4 is 20.1 Å². The zero-order valence-corrected chi connectivity index (χ0v) is 18.7. The van der Waals surface area contributed by atoms with Crippen molar-refractivity contribution in [2.75, 3.05) is 39.4 Å². The molecule has 1 fully saturated rings. The molecule has 1 spiro atoms. The molecule has 1 aromatic heterocycles. The number of likely N-dealkylation sites (tertiary alicyclic amines) is 1. The number of hydrogen-bond donors (Lipinski definition) is 3. The zero-order valence-electron chi connectivity index (χ0n) is 18.7. The van der Waals surface area contributed by atoms with E-state index in [2.05, 4.69) is 20.6 Å². The van der Waals surface area contributed by atoms with Gasteiger partial charge in [-0.15, -0.1) is 0 Å². The number of imidazole rings is 1. The second-order valence-electron chi connectivity index (χ2n) is 8.08. The molecule has 1 saturated heterocycles. The molecule has 9 nitrogen and oxygen atoms in total. The fraction of sp³-hybridized carbons (Fsp3) is 0.522. The van der Waals surface area contributed by atoms with Crippen molar-refractivity contribution >= 4 is 11.8 Å². The zero-order chi connectivity index (χ0) is 22.6. The van der Waals surface area contributed by atoms with E-state index in [9.17, 15) is 9.59 Å². The van der Waals surface area contributed by atoms with Crippen molar-refractivity contribution in [3.8, 4) is 11.5 Å². The summed E-state index contributed by atoms with van der Waals surface area (Å²) < 4.78 is 11.1. The molecule has 172 valence electrons. The van der Waals surface area contributed by atoms with E-state index in [-0.39, 0.29) is 23.9 Å². The molecule has 9 heteroatoms. The van der Waals surface area contributed by atoms with Crippen LogP contribution in [-0.4, -0.2) is 66.1 Å². The number of fused-ring (bicyclic) bond motifs is 2. The number of benzene rings is 1. The number of aromatic nitrogens is 2. The Morgan fingerprint density at radius 3 is 2.66 bits per heavy atom. The molecule has 0 unspecified atom stereocenters. The maximum Gasteiger partial charge on any atom is 0.251 e. The van der Waals surface area contributed by atoms with Gasteiger partial charge in [0, 0.05) is 37.3 Å². The monoisotopic (exact) mass is 441 g/mol. The van der Waals surface area contributed by atoms with E-state index >= 15 is 0 Å². The highest BCUT2D eigenvalue weighted by atomic mass is 16.5. The maximum atomic E-state index is 12.7. The van der Waals surface area contributed by atoms with Crippen LogP contribution in [0.2, 0.25) is 0 Å². The molecule has 0 saturated carbocycles. The first kappa shape index (κ1) is 22.1. The fourth-order valence-electron chi connectivity index (χ4n) is 4.55. The summed E-state index contributed by atoms with van der Waals surface area (Å²) in [5.41, 5.74) is 2.55. The molecular formula is C23H31N5O4. The summed E-state index contributed by atoms with van der Waals surface area (Å²) in [4.78, 5) is 34.9. The van der Waals surface area contributed by atoms with Crippen molar-refractivity contribution in [1.82, 2.24) is 25.5 Å². The molecule has 32 heavy (non-hydrogen) atoms. The molecule has 0 bridgehead atoms. The van der Waals surface area contributed by atoms with Gasteiger partial charge in [-0.1, -0.05) is 0 Å². The van der Waals surface area contributed by atoms with Crippen LogP contribution in [-0.2, 0) is 16.8 Å². The van der Waals surface area contributed by atoms with Crippen LogP contribution in [0.5, 0.6) is 11.5 Å². The smallest absolute Gasteiger partial charge is 0.251 e. The largest absolute Gasteiger partial charge is 0.490 e. The van der Waals surface area contributed by atoms with Gasteiger partial charge in [0.25, 0.3) is 5.91 Å². The summed E-state index contributed by atoms with van der Waals surface area (Å²) in [7, 11) is 0. The van der Waals surface area contributed by atoms with E-state index < -0.39 is 0 Å². The Morgan fingerprint density at radius 2 is 1.91 bits per heavy atom. The van der Waals surface area contributed by atoms with Gasteiger partial charge in [-0.05, 0) is 44.9 Å². The standard InChI is InChI=1S/C23H31N5O4/c1-3-31-18-6-5-16(13-19(18)32-4-2)22(30)24-14-20(29)28-11-8-23(9-12-28)21-17(7-10-27-23)25-15-26-21/h5-6,13,15,27H,3-4,7-12,14H2,1-2H3,(H,24,30)(H,25,26). The average molecular weight is 442 g/mol. The van der Waals surface area contributed by atoms with Crippen LogP contribution in [0.3, 0.4) is 0 Å². The number of ether oxygens (including phenoxy) is 2. The number of hydrogen-bond acceptors (Lipinski definition) is 6. The van der Waals surface area contributed by atoms with E-state index in [1.54, 1.807) is 24.5 Å². The molecule has 0 radical (unpaired) electrons. The lowest BCUT2D eigenvalue weighted by Crippen LogP contribution is -2.56. The van der Waals surface area contributed by atoms with Crippen LogP contribution in [0, 0.1) is 0 Å². The SMILES string of the molecule is CCOc1ccc(C(=O)NCC(=O)N2CCC3(CC2)NCCc2[nH]cnc23)cc1OCC. The molecule has 2 aliphatic heterocycles. The van der Waals surface area contributed by atoms with Gasteiger partial charge < -0.3 is 30.0 Å².